The number of aliphatic hydroxyl groups is 1. The first kappa shape index (κ1) is 12.9. The van der Waals surface area contributed by atoms with E-state index in [1.807, 2.05) is 20.8 Å². The molecule has 1 aliphatic heterocycles. The Hall–Kier alpha value is -1.56. The van der Waals surface area contributed by atoms with Gasteiger partial charge >= 0.3 is 6.09 Å². The van der Waals surface area contributed by atoms with Gasteiger partial charge in [-0.15, -0.1) is 0 Å². The third-order valence-corrected chi connectivity index (χ3v) is 2.56. The largest absolute Gasteiger partial charge is 0.444 e. The van der Waals surface area contributed by atoms with Gasteiger partial charge in [-0.25, -0.2) is 9.78 Å². The van der Waals surface area contributed by atoms with Crippen LogP contribution in [0.15, 0.2) is 4.42 Å². The average molecular weight is 254 g/mol. The first-order valence-corrected chi connectivity index (χ1v) is 5.95. The summed E-state index contributed by atoms with van der Waals surface area (Å²) in [6.45, 7) is 6.17. The van der Waals surface area contributed by atoms with Crippen LogP contribution in [0, 0.1) is 0 Å². The van der Waals surface area contributed by atoms with Gasteiger partial charge in [-0.05, 0) is 20.8 Å². The minimum Gasteiger partial charge on any atom is -0.444 e. The maximum Gasteiger partial charge on any atom is 0.410 e. The van der Waals surface area contributed by atoms with Crippen molar-refractivity contribution < 1.29 is 19.1 Å². The Labute approximate surface area is 106 Å². The maximum atomic E-state index is 11.9. The molecular weight excluding hydrogens is 236 g/mol. The van der Waals surface area contributed by atoms with Crippen molar-refractivity contribution in [1.29, 1.82) is 0 Å². The monoisotopic (exact) mass is 254 g/mol. The molecule has 0 saturated heterocycles. The second-order valence-corrected chi connectivity index (χ2v) is 5.29. The fraction of sp³-hybridized carbons (Fsp3) is 0.667. The molecule has 18 heavy (non-hydrogen) atoms. The van der Waals surface area contributed by atoms with Crippen LogP contribution in [0.1, 0.15) is 38.1 Å². The Bertz CT molecular complexity index is 447. The molecular formula is C12H18N2O4. The molecule has 1 aliphatic rings. The molecule has 0 fully saturated rings. The summed E-state index contributed by atoms with van der Waals surface area (Å²) in [5.74, 6) is 0.933. The maximum absolute atomic E-state index is 11.9. The predicted molar refractivity (Wildman–Crippen MR) is 62.8 cm³/mol. The summed E-state index contributed by atoms with van der Waals surface area (Å²) >= 11 is 0. The van der Waals surface area contributed by atoms with Gasteiger partial charge in [0, 0.05) is 13.0 Å². The Balaban J connectivity index is 2.05. The molecule has 0 saturated carbocycles. The smallest absolute Gasteiger partial charge is 0.410 e. The van der Waals surface area contributed by atoms with E-state index in [4.69, 9.17) is 14.3 Å². The van der Waals surface area contributed by atoms with E-state index in [0.29, 0.717) is 31.2 Å². The number of carbonyl (C=O) groups excluding carboxylic acids is 1. The van der Waals surface area contributed by atoms with Crippen LogP contribution in [0.2, 0.25) is 0 Å². The zero-order chi connectivity index (χ0) is 13.3. The van der Waals surface area contributed by atoms with Crippen LogP contribution < -0.4 is 0 Å². The molecule has 0 unspecified atom stereocenters. The molecule has 2 rings (SSSR count). The summed E-state index contributed by atoms with van der Waals surface area (Å²) in [5.41, 5.74) is 0.313. The average Bonchev–Trinajstić information content (AvgIpc) is 2.68. The highest BCUT2D eigenvalue weighted by Crippen LogP contribution is 2.21. The summed E-state index contributed by atoms with van der Waals surface area (Å²) in [6.07, 6.45) is 0.271. The van der Waals surface area contributed by atoms with Crippen LogP contribution in [0.25, 0.3) is 0 Å². The van der Waals surface area contributed by atoms with E-state index in [1.165, 1.54) is 0 Å². The molecule has 100 valence electrons. The summed E-state index contributed by atoms with van der Waals surface area (Å²) in [5, 5.41) is 8.95. The van der Waals surface area contributed by atoms with Crippen LogP contribution >= 0.6 is 0 Å². The van der Waals surface area contributed by atoms with E-state index in [-0.39, 0.29) is 12.7 Å². The predicted octanol–water partition coefficient (Wildman–Crippen LogP) is 1.46. The number of aliphatic hydroxyl groups excluding tert-OH is 1. The van der Waals surface area contributed by atoms with Crippen molar-refractivity contribution in [2.45, 2.75) is 45.9 Å². The lowest BCUT2D eigenvalue weighted by molar-refractivity contribution is 0.0207. The normalized spacial score (nSPS) is 15.4. The highest BCUT2D eigenvalue weighted by molar-refractivity contribution is 5.68. The molecule has 1 aromatic heterocycles. The van der Waals surface area contributed by atoms with E-state index in [0.717, 1.165) is 5.69 Å². The number of hydrogen-bond donors (Lipinski definition) is 1. The molecule has 6 nitrogen and oxygen atoms in total. The third-order valence-electron chi connectivity index (χ3n) is 2.56. The molecule has 1 amide bonds. The van der Waals surface area contributed by atoms with Crippen molar-refractivity contribution >= 4 is 6.09 Å². The highest BCUT2D eigenvalue weighted by Gasteiger charge is 2.28. The Morgan fingerprint density at radius 1 is 1.56 bits per heavy atom. The van der Waals surface area contributed by atoms with Gasteiger partial charge < -0.3 is 19.2 Å². The van der Waals surface area contributed by atoms with Gasteiger partial charge in [-0.3, -0.25) is 0 Å². The zero-order valence-electron chi connectivity index (χ0n) is 10.9. The second kappa shape index (κ2) is 4.61. The number of fused-ring (bicyclic) bond motifs is 1. The van der Waals surface area contributed by atoms with Gasteiger partial charge in [0.2, 0.25) is 5.89 Å². The van der Waals surface area contributed by atoms with E-state index >= 15 is 0 Å². The van der Waals surface area contributed by atoms with Gasteiger partial charge in [0.1, 0.15) is 18.0 Å². The summed E-state index contributed by atoms with van der Waals surface area (Å²) < 4.78 is 10.7. The third kappa shape index (κ3) is 2.81. The van der Waals surface area contributed by atoms with Crippen LogP contribution in [0.5, 0.6) is 0 Å². The molecule has 0 aliphatic carbocycles. The number of oxazole rings is 1. The van der Waals surface area contributed by atoms with Crippen LogP contribution in [0.3, 0.4) is 0 Å². The van der Waals surface area contributed by atoms with E-state index in [1.54, 1.807) is 4.90 Å². The second-order valence-electron chi connectivity index (χ2n) is 5.29. The molecule has 0 radical (unpaired) electrons. The number of rotatable bonds is 1. The molecule has 1 N–H and O–H groups in total. The van der Waals surface area contributed by atoms with Gasteiger partial charge in [-0.2, -0.15) is 0 Å². The molecule has 0 atom stereocenters. The van der Waals surface area contributed by atoms with Gasteiger partial charge in [-0.1, -0.05) is 0 Å². The van der Waals surface area contributed by atoms with Crippen LogP contribution in [0.4, 0.5) is 4.79 Å². The van der Waals surface area contributed by atoms with Crippen molar-refractivity contribution in [2.75, 3.05) is 6.54 Å². The van der Waals surface area contributed by atoms with Gasteiger partial charge in [0.05, 0.1) is 12.2 Å². The topological polar surface area (TPSA) is 75.8 Å². The number of carbonyl (C=O) groups is 1. The first-order chi connectivity index (χ1) is 8.39. The van der Waals surface area contributed by atoms with Crippen molar-refractivity contribution in [2.24, 2.45) is 0 Å². The minimum absolute atomic E-state index is 0.223. The summed E-state index contributed by atoms with van der Waals surface area (Å²) in [7, 11) is 0. The fourth-order valence-electron chi connectivity index (χ4n) is 1.80. The molecule has 6 heteroatoms. The quantitative estimate of drug-likeness (QED) is 0.821. The highest BCUT2D eigenvalue weighted by atomic mass is 16.6. The number of hydrogen-bond acceptors (Lipinski definition) is 5. The summed E-state index contributed by atoms with van der Waals surface area (Å²) in [4.78, 5) is 17.6. The molecule has 2 heterocycles. The van der Waals surface area contributed by atoms with E-state index in [2.05, 4.69) is 4.98 Å². The van der Waals surface area contributed by atoms with Gasteiger partial charge in [0.25, 0.3) is 0 Å². The molecule has 0 aromatic carbocycles. The van der Waals surface area contributed by atoms with Crippen molar-refractivity contribution in [3.63, 3.8) is 0 Å². The van der Waals surface area contributed by atoms with Crippen molar-refractivity contribution in [3.05, 3.63) is 17.3 Å². The zero-order valence-corrected chi connectivity index (χ0v) is 10.9. The number of aromatic nitrogens is 1. The standard InChI is InChI=1S/C12H18N2O4/c1-12(2,3)18-11(16)14-5-4-8-9(6-14)17-10(7-15)13-8/h15H,4-7H2,1-3H3. The molecule has 0 bridgehead atoms. The molecule has 1 aromatic rings. The number of amides is 1. The van der Waals surface area contributed by atoms with Crippen LogP contribution in [-0.2, 0) is 24.3 Å². The number of ether oxygens (including phenoxy) is 1. The first-order valence-electron chi connectivity index (χ1n) is 5.95. The lowest BCUT2D eigenvalue weighted by Gasteiger charge is -2.28. The number of nitrogens with zero attached hydrogens (tertiary/aromatic N) is 2. The Morgan fingerprint density at radius 3 is 2.89 bits per heavy atom. The minimum atomic E-state index is -0.505. The van der Waals surface area contributed by atoms with Crippen molar-refractivity contribution in [1.82, 2.24) is 9.88 Å². The van der Waals surface area contributed by atoms with Gasteiger partial charge in [0.15, 0.2) is 0 Å². The Morgan fingerprint density at radius 2 is 2.28 bits per heavy atom. The Kier molecular flexibility index (Phi) is 3.30. The SMILES string of the molecule is CC(C)(C)OC(=O)N1CCc2nc(CO)oc2C1. The van der Waals surface area contributed by atoms with E-state index < -0.39 is 5.60 Å². The molecule has 0 spiro atoms. The lowest BCUT2D eigenvalue weighted by atomic mass is 10.1. The fourth-order valence-corrected chi connectivity index (χ4v) is 1.80. The van der Waals surface area contributed by atoms with Crippen molar-refractivity contribution in [3.8, 4) is 0 Å². The van der Waals surface area contributed by atoms with Crippen LogP contribution in [-0.4, -0.2) is 33.2 Å². The lowest BCUT2D eigenvalue weighted by Crippen LogP contribution is -2.39. The summed E-state index contributed by atoms with van der Waals surface area (Å²) in [6, 6.07) is 0. The van der Waals surface area contributed by atoms with E-state index in [9.17, 15) is 4.79 Å².